The van der Waals surface area contributed by atoms with E-state index in [1.54, 1.807) is 12.1 Å². The minimum Gasteiger partial charge on any atom is -0.317 e. The van der Waals surface area contributed by atoms with Gasteiger partial charge in [-0.25, -0.2) is 4.39 Å². The standard InChI is InChI=1S/C15H23ClFN/c1-3-4-5-6-7-13(18-2)10-12-8-9-14(16)15(17)11-12/h8-9,11,13,18H,3-7,10H2,1-2H3. The summed E-state index contributed by atoms with van der Waals surface area (Å²) in [5.41, 5.74) is 1.01. The fraction of sp³-hybridized carbons (Fsp3) is 0.600. The van der Waals surface area contributed by atoms with Crippen LogP contribution in [0.15, 0.2) is 18.2 Å². The molecule has 0 radical (unpaired) electrons. The second-order valence-corrected chi connectivity index (χ2v) is 5.19. The van der Waals surface area contributed by atoms with Gasteiger partial charge in [0, 0.05) is 6.04 Å². The topological polar surface area (TPSA) is 12.0 Å². The lowest BCUT2D eigenvalue weighted by molar-refractivity contribution is 0.484. The molecule has 1 rings (SSSR count). The van der Waals surface area contributed by atoms with Gasteiger partial charge in [0.2, 0.25) is 0 Å². The lowest BCUT2D eigenvalue weighted by Crippen LogP contribution is -2.27. The molecule has 3 heteroatoms. The van der Waals surface area contributed by atoms with Gasteiger partial charge in [0.15, 0.2) is 0 Å². The minimum atomic E-state index is -0.324. The van der Waals surface area contributed by atoms with Gasteiger partial charge in [0.1, 0.15) is 5.82 Å². The molecule has 0 saturated heterocycles. The van der Waals surface area contributed by atoms with Crippen LogP contribution in [0.25, 0.3) is 0 Å². The lowest BCUT2D eigenvalue weighted by atomic mass is 10.00. The fourth-order valence-electron chi connectivity index (χ4n) is 2.12. The van der Waals surface area contributed by atoms with Crippen molar-refractivity contribution >= 4 is 11.6 Å². The summed E-state index contributed by atoms with van der Waals surface area (Å²) in [5, 5.41) is 3.50. The Kier molecular flexibility index (Phi) is 7.29. The zero-order valence-electron chi connectivity index (χ0n) is 11.3. The monoisotopic (exact) mass is 271 g/mol. The molecule has 0 fully saturated rings. The summed E-state index contributed by atoms with van der Waals surface area (Å²) in [4.78, 5) is 0. The van der Waals surface area contributed by atoms with Crippen LogP contribution in [0.5, 0.6) is 0 Å². The van der Waals surface area contributed by atoms with Gasteiger partial charge < -0.3 is 5.32 Å². The third-order valence-electron chi connectivity index (χ3n) is 3.28. The smallest absolute Gasteiger partial charge is 0.142 e. The summed E-state index contributed by atoms with van der Waals surface area (Å²) in [6.45, 7) is 2.21. The Bertz CT molecular complexity index is 354. The Morgan fingerprint density at radius 2 is 2.06 bits per heavy atom. The number of likely N-dealkylation sites (N-methyl/N-ethyl adjacent to an activating group) is 1. The quantitative estimate of drug-likeness (QED) is 0.683. The van der Waals surface area contributed by atoms with Gasteiger partial charge in [-0.3, -0.25) is 0 Å². The molecule has 1 aromatic rings. The van der Waals surface area contributed by atoms with Crippen LogP contribution >= 0.6 is 11.6 Å². The molecule has 1 unspecified atom stereocenters. The van der Waals surface area contributed by atoms with E-state index in [4.69, 9.17) is 11.6 Å². The van der Waals surface area contributed by atoms with Crippen molar-refractivity contribution in [2.75, 3.05) is 7.05 Å². The average molecular weight is 272 g/mol. The first-order valence-electron chi connectivity index (χ1n) is 6.78. The van der Waals surface area contributed by atoms with E-state index in [1.165, 1.54) is 25.7 Å². The first-order valence-corrected chi connectivity index (χ1v) is 7.16. The van der Waals surface area contributed by atoms with Crippen LogP contribution in [0, 0.1) is 5.82 Å². The average Bonchev–Trinajstić information content (AvgIpc) is 2.37. The normalized spacial score (nSPS) is 12.7. The summed E-state index contributed by atoms with van der Waals surface area (Å²) < 4.78 is 13.3. The number of benzene rings is 1. The zero-order valence-corrected chi connectivity index (χ0v) is 12.1. The van der Waals surface area contributed by atoms with Crippen LogP contribution < -0.4 is 5.32 Å². The van der Waals surface area contributed by atoms with Gasteiger partial charge in [0.25, 0.3) is 0 Å². The molecule has 0 aliphatic rings. The Morgan fingerprint density at radius 3 is 2.67 bits per heavy atom. The Hall–Kier alpha value is -0.600. The maximum atomic E-state index is 13.3. The predicted molar refractivity (Wildman–Crippen MR) is 76.7 cm³/mol. The molecule has 0 heterocycles. The van der Waals surface area contributed by atoms with Crippen LogP contribution in [0.3, 0.4) is 0 Å². The first-order chi connectivity index (χ1) is 8.67. The third-order valence-corrected chi connectivity index (χ3v) is 3.59. The van der Waals surface area contributed by atoms with E-state index < -0.39 is 0 Å². The number of nitrogens with one attached hydrogen (secondary N) is 1. The van der Waals surface area contributed by atoms with Crippen molar-refractivity contribution in [2.45, 2.75) is 51.5 Å². The molecule has 0 bridgehead atoms. The number of unbranched alkanes of at least 4 members (excludes halogenated alkanes) is 3. The molecule has 0 aromatic heterocycles. The van der Waals surface area contributed by atoms with E-state index in [2.05, 4.69) is 12.2 Å². The van der Waals surface area contributed by atoms with Crippen LogP contribution in [-0.4, -0.2) is 13.1 Å². The maximum Gasteiger partial charge on any atom is 0.142 e. The Balaban J connectivity index is 2.44. The highest BCUT2D eigenvalue weighted by atomic mass is 35.5. The minimum absolute atomic E-state index is 0.197. The van der Waals surface area contributed by atoms with Gasteiger partial charge in [-0.1, -0.05) is 50.3 Å². The van der Waals surface area contributed by atoms with Gasteiger partial charge in [-0.2, -0.15) is 0 Å². The number of halogens is 2. The zero-order chi connectivity index (χ0) is 13.4. The highest BCUT2D eigenvalue weighted by Gasteiger charge is 2.08. The van der Waals surface area contributed by atoms with E-state index in [-0.39, 0.29) is 10.8 Å². The molecule has 1 N–H and O–H groups in total. The van der Waals surface area contributed by atoms with Crippen molar-refractivity contribution in [2.24, 2.45) is 0 Å². The Labute approximate surface area is 115 Å². The van der Waals surface area contributed by atoms with Crippen LogP contribution in [0.2, 0.25) is 5.02 Å². The van der Waals surface area contributed by atoms with Gasteiger partial charge in [0.05, 0.1) is 5.02 Å². The molecule has 0 aliphatic heterocycles. The second kappa shape index (κ2) is 8.49. The molecule has 1 aromatic carbocycles. The van der Waals surface area contributed by atoms with Crippen molar-refractivity contribution < 1.29 is 4.39 Å². The SMILES string of the molecule is CCCCCCC(Cc1ccc(Cl)c(F)c1)NC. The fourth-order valence-corrected chi connectivity index (χ4v) is 2.23. The molecule has 0 saturated carbocycles. The van der Waals surface area contributed by atoms with Gasteiger partial charge in [-0.15, -0.1) is 0 Å². The van der Waals surface area contributed by atoms with Crippen LogP contribution in [-0.2, 0) is 6.42 Å². The first kappa shape index (κ1) is 15.5. The molecule has 0 aliphatic carbocycles. The van der Waals surface area contributed by atoms with E-state index in [1.807, 2.05) is 13.1 Å². The molecule has 1 atom stereocenters. The largest absolute Gasteiger partial charge is 0.317 e. The molecular formula is C15H23ClFN. The molecular weight excluding hydrogens is 249 g/mol. The molecule has 0 spiro atoms. The van der Waals surface area contributed by atoms with Crippen LogP contribution in [0.1, 0.15) is 44.6 Å². The van der Waals surface area contributed by atoms with E-state index >= 15 is 0 Å². The van der Waals surface area contributed by atoms with Crippen molar-refractivity contribution in [3.8, 4) is 0 Å². The summed E-state index contributed by atoms with van der Waals surface area (Å²) in [6.07, 6.45) is 7.06. The predicted octanol–water partition coefficient (Wildman–Crippen LogP) is 4.58. The molecule has 1 nitrogen and oxygen atoms in total. The number of hydrogen-bond acceptors (Lipinski definition) is 1. The summed E-state index contributed by atoms with van der Waals surface area (Å²) in [5.74, 6) is -0.324. The number of hydrogen-bond donors (Lipinski definition) is 1. The van der Waals surface area contributed by atoms with Crippen LogP contribution in [0.4, 0.5) is 4.39 Å². The van der Waals surface area contributed by atoms with Crippen molar-refractivity contribution in [1.29, 1.82) is 0 Å². The van der Waals surface area contributed by atoms with E-state index in [0.717, 1.165) is 18.4 Å². The van der Waals surface area contributed by atoms with Gasteiger partial charge >= 0.3 is 0 Å². The maximum absolute atomic E-state index is 13.3. The summed E-state index contributed by atoms with van der Waals surface area (Å²) in [7, 11) is 1.97. The van der Waals surface area contributed by atoms with E-state index in [9.17, 15) is 4.39 Å². The number of rotatable bonds is 8. The third kappa shape index (κ3) is 5.36. The highest BCUT2D eigenvalue weighted by Crippen LogP contribution is 2.17. The summed E-state index contributed by atoms with van der Waals surface area (Å²) in [6, 6.07) is 5.50. The Morgan fingerprint density at radius 1 is 1.28 bits per heavy atom. The van der Waals surface area contributed by atoms with Crippen molar-refractivity contribution in [3.63, 3.8) is 0 Å². The molecule has 102 valence electrons. The lowest BCUT2D eigenvalue weighted by Gasteiger charge is -2.16. The second-order valence-electron chi connectivity index (χ2n) is 4.79. The van der Waals surface area contributed by atoms with Crippen molar-refractivity contribution in [3.05, 3.63) is 34.6 Å². The van der Waals surface area contributed by atoms with E-state index in [0.29, 0.717) is 6.04 Å². The van der Waals surface area contributed by atoms with Crippen molar-refractivity contribution in [1.82, 2.24) is 5.32 Å². The summed E-state index contributed by atoms with van der Waals surface area (Å²) >= 11 is 5.68. The highest BCUT2D eigenvalue weighted by molar-refractivity contribution is 6.30. The molecule has 0 amide bonds. The molecule has 18 heavy (non-hydrogen) atoms. The van der Waals surface area contributed by atoms with Gasteiger partial charge in [-0.05, 0) is 37.6 Å².